The van der Waals surface area contributed by atoms with E-state index in [1.165, 1.54) is 18.7 Å². The Bertz CT molecular complexity index is 1140. The van der Waals surface area contributed by atoms with Crippen molar-refractivity contribution in [2.45, 2.75) is 25.2 Å². The van der Waals surface area contributed by atoms with Crippen molar-refractivity contribution >= 4 is 55.2 Å². The lowest BCUT2D eigenvalue weighted by Crippen LogP contribution is -2.36. The van der Waals surface area contributed by atoms with Crippen molar-refractivity contribution in [1.29, 1.82) is 0 Å². The monoisotopic (exact) mass is 564 g/mol. The van der Waals surface area contributed by atoms with E-state index >= 15 is 0 Å². The van der Waals surface area contributed by atoms with E-state index in [-0.39, 0.29) is 5.91 Å². The van der Waals surface area contributed by atoms with Crippen LogP contribution in [-0.4, -0.2) is 34.0 Å². The second-order valence-electron chi connectivity index (χ2n) is 6.58. The zero-order valence-electron chi connectivity index (χ0n) is 16.9. The fourth-order valence-electron chi connectivity index (χ4n) is 3.38. The number of para-hydroxylation sites is 1. The highest BCUT2D eigenvalue weighted by Gasteiger charge is 2.35. The molecule has 1 amide bonds. The summed E-state index contributed by atoms with van der Waals surface area (Å²) < 4.78 is 13.2. The van der Waals surface area contributed by atoms with Crippen LogP contribution in [0.3, 0.4) is 0 Å². The first-order valence-corrected chi connectivity index (χ1v) is 12.0. The molecule has 0 bridgehead atoms. The minimum Gasteiger partial charge on any atom is -0.494 e. The molecule has 0 N–H and O–H groups in total. The lowest BCUT2D eigenvalue weighted by molar-refractivity contribution is -0.118. The molecule has 31 heavy (non-hydrogen) atoms. The molecule has 0 saturated heterocycles. The first kappa shape index (κ1) is 22.0. The number of carbonyl (C=O) groups is 1. The van der Waals surface area contributed by atoms with E-state index in [1.807, 2.05) is 43.3 Å². The van der Waals surface area contributed by atoms with E-state index in [4.69, 9.17) is 9.47 Å². The van der Waals surface area contributed by atoms with Gasteiger partial charge in [0.2, 0.25) is 23.2 Å². The summed E-state index contributed by atoms with van der Waals surface area (Å²) in [6.45, 7) is 3.52. The Morgan fingerprint density at radius 2 is 1.94 bits per heavy atom. The van der Waals surface area contributed by atoms with Gasteiger partial charge < -0.3 is 9.47 Å². The number of ether oxygens (including phenoxy) is 2. The molecular weight excluding hydrogens is 548 g/mol. The summed E-state index contributed by atoms with van der Waals surface area (Å²) in [5.74, 6) is 1.61. The molecule has 7 nitrogen and oxygen atoms in total. The quantitative estimate of drug-likeness (QED) is 0.379. The summed E-state index contributed by atoms with van der Waals surface area (Å²) in [6, 6.07) is 11.3. The Hall–Kier alpha value is -2.17. The van der Waals surface area contributed by atoms with Crippen molar-refractivity contribution in [3.05, 3.63) is 50.9 Å². The van der Waals surface area contributed by atoms with Crippen molar-refractivity contribution in [3.63, 3.8) is 0 Å². The van der Waals surface area contributed by atoms with Crippen molar-refractivity contribution < 1.29 is 14.3 Å². The van der Waals surface area contributed by atoms with Crippen LogP contribution in [0.5, 0.6) is 11.6 Å². The van der Waals surface area contributed by atoms with E-state index in [1.54, 1.807) is 12.0 Å². The van der Waals surface area contributed by atoms with Gasteiger partial charge in [-0.3, -0.25) is 9.69 Å². The minimum atomic E-state index is -0.769. The SMILES string of the molecule is CCSc1nnc2c(n1)O[C@@H](c1cc(Br)c(OC)c(Br)c1)N(C(C)=O)c1ccccc1-2. The number of carbonyl (C=O) groups excluding carboxylic acids is 1. The summed E-state index contributed by atoms with van der Waals surface area (Å²) >= 11 is 8.56. The molecule has 1 aliphatic rings. The van der Waals surface area contributed by atoms with Gasteiger partial charge in [-0.25, -0.2) is 0 Å². The normalized spacial score (nSPS) is 14.9. The van der Waals surface area contributed by atoms with Gasteiger partial charge in [0.25, 0.3) is 0 Å². The predicted octanol–water partition coefficient (Wildman–Crippen LogP) is 5.63. The van der Waals surface area contributed by atoms with Gasteiger partial charge in [0.05, 0.1) is 21.7 Å². The van der Waals surface area contributed by atoms with Crippen LogP contribution in [0, 0.1) is 0 Å². The average molecular weight is 566 g/mol. The summed E-state index contributed by atoms with van der Waals surface area (Å²) in [5, 5.41) is 9.14. The molecular formula is C21H18Br2N4O3S. The lowest BCUT2D eigenvalue weighted by atomic mass is 10.1. The molecule has 4 rings (SSSR count). The largest absolute Gasteiger partial charge is 0.494 e. The Kier molecular flexibility index (Phi) is 6.49. The van der Waals surface area contributed by atoms with Gasteiger partial charge in [-0.15, -0.1) is 10.2 Å². The highest BCUT2D eigenvalue weighted by Crippen LogP contribution is 2.45. The molecule has 1 aliphatic heterocycles. The summed E-state index contributed by atoms with van der Waals surface area (Å²) in [5.41, 5.74) is 2.64. The smallest absolute Gasteiger partial charge is 0.247 e. The van der Waals surface area contributed by atoms with Crippen LogP contribution in [0.1, 0.15) is 25.6 Å². The maximum absolute atomic E-state index is 12.8. The third-order valence-corrected chi connectivity index (χ3v) is 6.53. The highest BCUT2D eigenvalue weighted by atomic mass is 79.9. The Balaban J connectivity index is 1.95. The van der Waals surface area contributed by atoms with E-state index in [0.29, 0.717) is 28.2 Å². The highest BCUT2D eigenvalue weighted by molar-refractivity contribution is 9.11. The molecule has 0 saturated carbocycles. The molecule has 2 aromatic carbocycles. The average Bonchev–Trinajstić information content (AvgIpc) is 2.88. The van der Waals surface area contributed by atoms with Crippen molar-refractivity contribution in [2.24, 2.45) is 0 Å². The van der Waals surface area contributed by atoms with Gasteiger partial charge in [0.15, 0.2) is 5.69 Å². The molecule has 0 spiro atoms. The molecule has 0 radical (unpaired) electrons. The van der Waals surface area contributed by atoms with Gasteiger partial charge in [-0.05, 0) is 55.8 Å². The molecule has 2 heterocycles. The maximum Gasteiger partial charge on any atom is 0.247 e. The molecule has 10 heteroatoms. The predicted molar refractivity (Wildman–Crippen MR) is 127 cm³/mol. The van der Waals surface area contributed by atoms with Gasteiger partial charge >= 0.3 is 0 Å². The van der Waals surface area contributed by atoms with Crippen molar-refractivity contribution in [1.82, 2.24) is 15.2 Å². The number of halogens is 2. The van der Waals surface area contributed by atoms with Crippen LogP contribution >= 0.6 is 43.6 Å². The number of aromatic nitrogens is 3. The number of rotatable bonds is 4. The fourth-order valence-corrected chi connectivity index (χ4v) is 5.43. The number of benzene rings is 2. The van der Waals surface area contributed by atoms with Crippen molar-refractivity contribution in [2.75, 3.05) is 17.8 Å². The number of hydrogen-bond donors (Lipinski definition) is 0. The van der Waals surface area contributed by atoms with Crippen LogP contribution in [0.2, 0.25) is 0 Å². The number of amides is 1. The van der Waals surface area contributed by atoms with Gasteiger partial charge in [0, 0.05) is 18.1 Å². The molecule has 1 atom stereocenters. The van der Waals surface area contributed by atoms with Crippen LogP contribution in [0.4, 0.5) is 5.69 Å². The minimum absolute atomic E-state index is 0.176. The molecule has 3 aromatic rings. The van der Waals surface area contributed by atoms with Crippen LogP contribution < -0.4 is 14.4 Å². The number of nitrogens with zero attached hydrogens (tertiary/aromatic N) is 4. The molecule has 0 unspecified atom stereocenters. The van der Waals surface area contributed by atoms with Gasteiger partial charge in [-0.2, -0.15) is 4.98 Å². The number of anilines is 1. The molecule has 160 valence electrons. The Labute approximate surface area is 200 Å². The zero-order valence-corrected chi connectivity index (χ0v) is 20.9. The second-order valence-corrected chi connectivity index (χ2v) is 9.52. The second kappa shape index (κ2) is 9.13. The Morgan fingerprint density at radius 3 is 2.58 bits per heavy atom. The lowest BCUT2D eigenvalue weighted by Gasteiger charge is -2.30. The van der Waals surface area contributed by atoms with Crippen molar-refractivity contribution in [3.8, 4) is 22.9 Å². The third-order valence-electron chi connectivity index (χ3n) is 4.63. The molecule has 0 aliphatic carbocycles. The van der Waals surface area contributed by atoms with Crippen LogP contribution in [0.15, 0.2) is 50.5 Å². The first-order chi connectivity index (χ1) is 14.9. The topological polar surface area (TPSA) is 77.4 Å². The third kappa shape index (κ3) is 4.16. The number of hydrogen-bond acceptors (Lipinski definition) is 7. The Morgan fingerprint density at radius 1 is 1.23 bits per heavy atom. The van der Waals surface area contributed by atoms with Gasteiger partial charge in [-0.1, -0.05) is 36.9 Å². The van der Waals surface area contributed by atoms with E-state index < -0.39 is 6.23 Å². The standard InChI is InChI=1S/C21H18Br2N4O3S/c1-4-31-21-24-19-17(25-26-21)13-7-5-6-8-16(13)27(11(2)28)20(30-19)12-9-14(22)18(29-3)15(23)10-12/h5-10,20H,4H2,1-3H3/t20-/m0/s1. The number of methoxy groups -OCH3 is 1. The zero-order chi connectivity index (χ0) is 22.1. The number of thioether (sulfide) groups is 1. The summed E-state index contributed by atoms with van der Waals surface area (Å²) in [4.78, 5) is 19.0. The first-order valence-electron chi connectivity index (χ1n) is 9.40. The summed E-state index contributed by atoms with van der Waals surface area (Å²) in [6.07, 6.45) is -0.769. The van der Waals surface area contributed by atoms with Crippen LogP contribution in [-0.2, 0) is 4.79 Å². The number of fused-ring (bicyclic) bond motifs is 3. The molecule has 1 aromatic heterocycles. The molecule has 0 fully saturated rings. The van der Waals surface area contributed by atoms with Crippen LogP contribution in [0.25, 0.3) is 11.3 Å². The maximum atomic E-state index is 12.8. The van der Waals surface area contributed by atoms with E-state index in [2.05, 4.69) is 47.0 Å². The summed E-state index contributed by atoms with van der Waals surface area (Å²) in [7, 11) is 1.59. The van der Waals surface area contributed by atoms with Gasteiger partial charge in [0.1, 0.15) is 5.75 Å². The van der Waals surface area contributed by atoms with E-state index in [0.717, 1.165) is 25.8 Å². The van der Waals surface area contributed by atoms with E-state index in [9.17, 15) is 4.79 Å². The fraction of sp³-hybridized carbons (Fsp3) is 0.238.